The molecule has 2 aliphatic rings. The maximum Gasteiger partial charge on any atom is 0.407 e. The molecule has 35 nitrogen and oxygen atoms in total. The van der Waals surface area contributed by atoms with Crippen LogP contribution in [0.3, 0.4) is 0 Å². The first-order valence-corrected chi connectivity index (χ1v) is 41.1. The molecule has 0 spiro atoms. The molecule has 0 aromatic heterocycles. The maximum absolute atomic E-state index is 13.9. The van der Waals surface area contributed by atoms with Crippen molar-refractivity contribution in [2.24, 2.45) is 16.6 Å². The normalized spacial score (nSPS) is 13.1. The second-order valence-corrected chi connectivity index (χ2v) is 26.5. The number of amidine groups is 1. The fraction of sp³-hybridized carbons (Fsp3) is 0.772. The van der Waals surface area contributed by atoms with Crippen molar-refractivity contribution < 1.29 is 143 Å². The minimum Gasteiger partial charge on any atom is -0.481 e. The molecule has 0 radical (unpaired) electrons. The lowest BCUT2D eigenvalue weighted by molar-refractivity contribution is -0.138. The number of nitrogens with one attached hydrogen (secondary N) is 1. The molecule has 1 fully saturated rings. The van der Waals surface area contributed by atoms with Crippen molar-refractivity contribution in [3.05, 3.63) is 53.6 Å². The Morgan fingerprint density at radius 1 is 0.443 bits per heavy atom. The summed E-state index contributed by atoms with van der Waals surface area (Å²) >= 11 is 1.69. The number of alkyl carbamates (subject to hydrolysis) is 1. The molecule has 2 aromatic rings. The standard InChI is InChI=1S/C79H135N5O30S/c1-2-11-83(78(88)73-62-72-8-7-71(64-75(72)82-76(80)65-73)70-5-3-6-74(63-70)115-84-66-69(67-84)68-85)12-4-10-81-79(89)114-61-60-113-59-58-112-57-56-111-55-54-110-53-52-109-51-50-108-49-48-107-47-46-106-45-44-105-43-42-104-41-40-103-39-38-102-37-36-101-35-34-100-33-32-99-31-30-98-29-28-97-27-26-96-25-24-95-23-22-94-21-20-93-19-18-92-17-16-91-15-14-90-13-9-77(86)87/h3,5-8,62-64,69,85H,2,4,9-61,65-68H2,1H3,(H2,80,82)(H,81,89)(H,86,87). The number of aliphatic carboxylic acids is 1. The van der Waals surface area contributed by atoms with E-state index >= 15 is 0 Å². The first kappa shape index (κ1) is 103. The van der Waals surface area contributed by atoms with E-state index in [4.69, 9.17) is 134 Å². The van der Waals surface area contributed by atoms with E-state index in [1.807, 2.05) is 37.3 Å². The molecule has 0 saturated carbocycles. The smallest absolute Gasteiger partial charge is 0.407 e. The zero-order valence-electron chi connectivity index (χ0n) is 68.1. The van der Waals surface area contributed by atoms with Crippen LogP contribution in [0.4, 0.5) is 10.5 Å². The van der Waals surface area contributed by atoms with E-state index in [-0.39, 0.29) is 45.2 Å². The Morgan fingerprint density at radius 2 is 0.765 bits per heavy atom. The summed E-state index contributed by atoms with van der Waals surface area (Å²) in [6.45, 7) is 26.6. The largest absolute Gasteiger partial charge is 0.481 e. The highest BCUT2D eigenvalue weighted by atomic mass is 32.2. The van der Waals surface area contributed by atoms with Crippen molar-refractivity contribution in [3.8, 4) is 11.1 Å². The molecule has 1 saturated heterocycles. The highest BCUT2D eigenvalue weighted by molar-refractivity contribution is 7.97. The molecular weight excluding hydrogens is 1530 g/mol. The first-order chi connectivity index (χ1) is 56.7. The number of aliphatic imine (C=N–C) groups is 1. The highest BCUT2D eigenvalue weighted by Gasteiger charge is 2.27. The molecule has 0 unspecified atom stereocenters. The van der Waals surface area contributed by atoms with Gasteiger partial charge in [-0.15, -0.1) is 0 Å². The number of hydrogen-bond acceptors (Lipinski definition) is 33. The molecule has 2 amide bonds. The predicted octanol–water partition coefficient (Wildman–Crippen LogP) is 4.29. The Hall–Kier alpha value is -4.83. The summed E-state index contributed by atoms with van der Waals surface area (Å²) in [6, 6.07) is 14.4. The summed E-state index contributed by atoms with van der Waals surface area (Å²) in [6.07, 6.45) is 2.87. The number of nitrogens with two attached hydrogens (primary N) is 1. The molecular formula is C79H135N5O30S. The van der Waals surface area contributed by atoms with E-state index in [1.54, 1.807) is 16.8 Å². The molecule has 2 heterocycles. The number of benzene rings is 2. The quantitative estimate of drug-likeness (QED) is 0.0530. The number of ether oxygens (including phenoxy) is 25. The van der Waals surface area contributed by atoms with Crippen molar-refractivity contribution in [1.29, 1.82) is 0 Å². The zero-order chi connectivity index (χ0) is 81.7. The third-order valence-electron chi connectivity index (χ3n) is 16.0. The van der Waals surface area contributed by atoms with Gasteiger partial charge in [0.1, 0.15) is 12.4 Å². The van der Waals surface area contributed by atoms with Gasteiger partial charge in [-0.05, 0) is 60.2 Å². The molecule has 0 bridgehead atoms. The van der Waals surface area contributed by atoms with Crippen LogP contribution in [0.5, 0.6) is 0 Å². The van der Waals surface area contributed by atoms with Crippen LogP contribution < -0.4 is 11.1 Å². The van der Waals surface area contributed by atoms with Gasteiger partial charge in [-0.1, -0.05) is 31.2 Å². The zero-order valence-corrected chi connectivity index (χ0v) is 68.9. The summed E-state index contributed by atoms with van der Waals surface area (Å²) in [5.41, 5.74) is 10.6. The number of amides is 2. The summed E-state index contributed by atoms with van der Waals surface area (Å²) in [5.74, 6) is -0.280. The van der Waals surface area contributed by atoms with E-state index in [0.29, 0.717) is 353 Å². The number of carboxylic acids is 1. The average molecular weight is 1670 g/mol. The van der Waals surface area contributed by atoms with Gasteiger partial charge in [-0.25, -0.2) is 14.1 Å². The van der Waals surface area contributed by atoms with Crippen LogP contribution in [-0.4, -0.2) is 406 Å². The number of aliphatic hydroxyl groups is 1. The van der Waals surface area contributed by atoms with Gasteiger partial charge in [0.2, 0.25) is 5.91 Å². The minimum atomic E-state index is -0.883. The third-order valence-corrected chi connectivity index (χ3v) is 17.0. The summed E-state index contributed by atoms with van der Waals surface area (Å²) < 4.78 is 140. The lowest BCUT2D eigenvalue weighted by atomic mass is 10.0. The second-order valence-electron chi connectivity index (χ2n) is 25.3. The summed E-state index contributed by atoms with van der Waals surface area (Å²) in [7, 11) is 0. The molecule has 115 heavy (non-hydrogen) atoms. The van der Waals surface area contributed by atoms with Crippen LogP contribution in [0, 0.1) is 5.92 Å². The van der Waals surface area contributed by atoms with E-state index in [0.717, 1.165) is 41.1 Å². The van der Waals surface area contributed by atoms with Crippen molar-refractivity contribution in [3.63, 3.8) is 0 Å². The van der Waals surface area contributed by atoms with Gasteiger partial charge in [0, 0.05) is 67.7 Å². The number of fused-ring (bicyclic) bond motifs is 1. The van der Waals surface area contributed by atoms with Crippen molar-refractivity contribution in [1.82, 2.24) is 14.5 Å². The molecule has 36 heteroatoms. The van der Waals surface area contributed by atoms with Crippen LogP contribution in [0.2, 0.25) is 0 Å². The maximum atomic E-state index is 13.9. The Labute approximate surface area is 684 Å². The Morgan fingerprint density at radius 3 is 1.09 bits per heavy atom. The van der Waals surface area contributed by atoms with E-state index in [2.05, 4.69) is 27.8 Å². The minimum absolute atomic E-state index is 0.0135. The fourth-order valence-corrected chi connectivity index (χ4v) is 11.3. The van der Waals surface area contributed by atoms with Gasteiger partial charge >= 0.3 is 12.1 Å². The topological polar surface area (TPSA) is 379 Å². The molecule has 0 aliphatic carbocycles. The van der Waals surface area contributed by atoms with Crippen LogP contribution >= 0.6 is 11.9 Å². The van der Waals surface area contributed by atoms with Crippen molar-refractivity contribution in [2.45, 2.75) is 37.5 Å². The van der Waals surface area contributed by atoms with E-state index in [1.165, 1.54) is 0 Å². The van der Waals surface area contributed by atoms with Gasteiger partial charge in [-0.2, -0.15) is 0 Å². The van der Waals surface area contributed by atoms with Gasteiger partial charge < -0.3 is 145 Å². The van der Waals surface area contributed by atoms with Crippen LogP contribution in [0.1, 0.15) is 38.2 Å². The predicted molar refractivity (Wildman–Crippen MR) is 427 cm³/mol. The number of nitrogens with zero attached hydrogens (tertiary/aromatic N) is 3. The lowest BCUT2D eigenvalue weighted by Crippen LogP contribution is -2.43. The van der Waals surface area contributed by atoms with Crippen molar-refractivity contribution >= 4 is 47.5 Å². The Balaban J connectivity index is 0.742. The van der Waals surface area contributed by atoms with Gasteiger partial charge in [0.05, 0.1) is 329 Å². The third kappa shape index (κ3) is 60.3. The second kappa shape index (κ2) is 76.6. The summed E-state index contributed by atoms with van der Waals surface area (Å²) in [4.78, 5) is 44.3. The molecule has 5 N–H and O–H groups in total. The van der Waals surface area contributed by atoms with Gasteiger partial charge in [-0.3, -0.25) is 9.59 Å². The van der Waals surface area contributed by atoms with Gasteiger partial charge in [0.15, 0.2) is 0 Å². The van der Waals surface area contributed by atoms with Gasteiger partial charge in [0.25, 0.3) is 0 Å². The number of rotatable bonds is 86. The molecule has 2 aliphatic heterocycles. The van der Waals surface area contributed by atoms with Crippen LogP contribution in [-0.2, 0) is 128 Å². The molecule has 0 atom stereocenters. The Bertz CT molecular complexity index is 2680. The van der Waals surface area contributed by atoms with E-state index in [9.17, 15) is 19.5 Å². The fourth-order valence-electron chi connectivity index (χ4n) is 10.1. The SMILES string of the molecule is CCCN(CCCNC(=O)OCCOCCOCCOCCOCCOCCOCCOCCOCCOCCOCCOCCOCCOCCOCCOCCOCCOCCOCCOCCOCCOCCOCCOCCOCCC(=O)O)C(=O)C1=Cc2ccc(-c3cccc(SN4CC(CO)C4)c3)cc2N=C(N)C1. The lowest BCUT2D eigenvalue weighted by Gasteiger charge is -2.36. The van der Waals surface area contributed by atoms with E-state index < -0.39 is 12.1 Å². The molecule has 662 valence electrons. The summed E-state index contributed by atoms with van der Waals surface area (Å²) in [5, 5.41) is 20.7. The number of carboxylic acid groups (broad SMARTS) is 1. The highest BCUT2D eigenvalue weighted by Crippen LogP contribution is 2.36. The molecule has 2 aromatic carbocycles. The average Bonchev–Trinajstić information content (AvgIpc) is 1.78. The number of carbonyl (C=O) groups excluding carboxylic acids is 2. The van der Waals surface area contributed by atoms with Crippen LogP contribution in [0.25, 0.3) is 17.2 Å². The number of hydrogen-bond donors (Lipinski definition) is 4. The number of aliphatic hydroxyl groups excluding tert-OH is 1. The Kier molecular flexibility index (Phi) is 68.3. The monoisotopic (exact) mass is 1670 g/mol. The van der Waals surface area contributed by atoms with Crippen molar-refractivity contribution in [2.75, 3.05) is 363 Å². The first-order valence-electron chi connectivity index (χ1n) is 40.3. The van der Waals surface area contributed by atoms with Crippen LogP contribution in [0.15, 0.2) is 57.9 Å². The molecule has 4 rings (SSSR count). The number of carbonyl (C=O) groups is 3.